The second-order valence-electron chi connectivity index (χ2n) is 6.79. The molecule has 1 saturated carbocycles. The highest BCUT2D eigenvalue weighted by molar-refractivity contribution is 8.01. The lowest BCUT2D eigenvalue weighted by atomic mass is 10.0. The third-order valence-corrected chi connectivity index (χ3v) is 7.85. The second kappa shape index (κ2) is 8.56. The highest BCUT2D eigenvalue weighted by atomic mass is 32.2. The molecule has 0 radical (unpaired) electrons. The summed E-state index contributed by atoms with van der Waals surface area (Å²) in [5.41, 5.74) is 1.41. The van der Waals surface area contributed by atoms with Gasteiger partial charge in [-0.05, 0) is 44.4 Å². The first-order valence-electron chi connectivity index (χ1n) is 8.71. The summed E-state index contributed by atoms with van der Waals surface area (Å²) < 4.78 is 25.7. The molecule has 0 bridgehead atoms. The fraction of sp³-hybridized carbons (Fsp3) is 0.611. The molecule has 140 valence electrons. The summed E-state index contributed by atoms with van der Waals surface area (Å²) in [6.45, 7) is 3.78. The maximum absolute atomic E-state index is 12.5. The maximum atomic E-state index is 12.5. The molecule has 1 aliphatic carbocycles. The SMILES string of the molecule is Cc1ccc(S(=O)(=O)N(C)C)cc1NC(=O)[C@H](C)SC1CCCCC1. The summed E-state index contributed by atoms with van der Waals surface area (Å²) in [5, 5.41) is 3.30. The number of amides is 1. The van der Waals surface area contributed by atoms with E-state index in [9.17, 15) is 13.2 Å². The van der Waals surface area contributed by atoms with Gasteiger partial charge in [-0.15, -0.1) is 11.8 Å². The van der Waals surface area contributed by atoms with Crippen LogP contribution in [0.5, 0.6) is 0 Å². The predicted molar refractivity (Wildman–Crippen MR) is 105 cm³/mol. The summed E-state index contributed by atoms with van der Waals surface area (Å²) in [6.07, 6.45) is 6.14. The number of hydrogen-bond donors (Lipinski definition) is 1. The van der Waals surface area contributed by atoms with Crippen molar-refractivity contribution >= 4 is 33.4 Å². The first-order chi connectivity index (χ1) is 11.7. The van der Waals surface area contributed by atoms with Crippen molar-refractivity contribution in [3.8, 4) is 0 Å². The van der Waals surface area contributed by atoms with Gasteiger partial charge in [-0.25, -0.2) is 12.7 Å². The third-order valence-electron chi connectivity index (χ3n) is 4.56. The fourth-order valence-electron chi connectivity index (χ4n) is 2.89. The number of anilines is 1. The molecule has 1 amide bonds. The number of rotatable bonds is 6. The van der Waals surface area contributed by atoms with Gasteiger partial charge >= 0.3 is 0 Å². The lowest BCUT2D eigenvalue weighted by molar-refractivity contribution is -0.115. The molecule has 1 aliphatic rings. The number of thioether (sulfide) groups is 1. The molecule has 0 heterocycles. The van der Waals surface area contributed by atoms with Gasteiger partial charge in [-0.3, -0.25) is 4.79 Å². The van der Waals surface area contributed by atoms with Crippen LogP contribution in [0, 0.1) is 6.92 Å². The van der Waals surface area contributed by atoms with Gasteiger partial charge in [-0.1, -0.05) is 25.3 Å². The minimum atomic E-state index is -3.52. The third kappa shape index (κ3) is 5.21. The Hall–Kier alpha value is -1.05. The molecule has 1 fully saturated rings. The molecule has 1 atom stereocenters. The van der Waals surface area contributed by atoms with Gasteiger partial charge in [0.2, 0.25) is 15.9 Å². The minimum Gasteiger partial charge on any atom is -0.325 e. The Labute approximate surface area is 155 Å². The summed E-state index contributed by atoms with van der Waals surface area (Å²) in [7, 11) is -0.525. The van der Waals surface area contributed by atoms with E-state index < -0.39 is 10.0 Å². The normalized spacial score (nSPS) is 17.5. The lowest BCUT2D eigenvalue weighted by Gasteiger charge is -2.24. The molecule has 0 saturated heterocycles. The molecule has 0 spiro atoms. The van der Waals surface area contributed by atoms with Crippen LogP contribution >= 0.6 is 11.8 Å². The van der Waals surface area contributed by atoms with Crippen LogP contribution in [-0.2, 0) is 14.8 Å². The average Bonchev–Trinajstić information content (AvgIpc) is 2.57. The number of nitrogens with one attached hydrogen (secondary N) is 1. The first kappa shape index (κ1) is 20.3. The summed E-state index contributed by atoms with van der Waals surface area (Å²) in [5.74, 6) is -0.0712. The summed E-state index contributed by atoms with van der Waals surface area (Å²) >= 11 is 1.73. The number of aryl methyl sites for hydroxylation is 1. The van der Waals surface area contributed by atoms with Crippen molar-refractivity contribution in [2.45, 2.75) is 61.3 Å². The van der Waals surface area contributed by atoms with Crippen molar-refractivity contribution in [3.05, 3.63) is 23.8 Å². The van der Waals surface area contributed by atoms with Crippen molar-refractivity contribution in [1.29, 1.82) is 0 Å². The molecule has 25 heavy (non-hydrogen) atoms. The Kier molecular flexibility index (Phi) is 6.93. The largest absolute Gasteiger partial charge is 0.325 e. The molecule has 0 unspecified atom stereocenters. The quantitative estimate of drug-likeness (QED) is 0.813. The number of benzene rings is 1. The van der Waals surface area contributed by atoms with Crippen molar-refractivity contribution in [3.63, 3.8) is 0 Å². The van der Waals surface area contributed by atoms with E-state index in [0.717, 1.165) is 5.56 Å². The van der Waals surface area contributed by atoms with Crippen LogP contribution in [0.15, 0.2) is 23.1 Å². The number of nitrogens with zero attached hydrogens (tertiary/aromatic N) is 1. The summed E-state index contributed by atoms with van der Waals surface area (Å²) in [4.78, 5) is 12.7. The first-order valence-corrected chi connectivity index (χ1v) is 11.1. The Bertz CT molecular complexity index is 711. The Morgan fingerprint density at radius 2 is 1.88 bits per heavy atom. The second-order valence-corrected chi connectivity index (χ2v) is 10.6. The number of sulfonamides is 1. The predicted octanol–water partition coefficient (Wildman–Crippen LogP) is 3.64. The lowest BCUT2D eigenvalue weighted by Crippen LogP contribution is -2.26. The van der Waals surface area contributed by atoms with Crippen molar-refractivity contribution < 1.29 is 13.2 Å². The van der Waals surface area contributed by atoms with Crippen LogP contribution in [0.3, 0.4) is 0 Å². The van der Waals surface area contributed by atoms with E-state index in [0.29, 0.717) is 10.9 Å². The standard InChI is InChI=1S/C18H28N2O3S2/c1-13-10-11-16(25(22,23)20(3)4)12-17(13)19-18(21)14(2)24-15-8-6-5-7-9-15/h10-12,14-15H,5-9H2,1-4H3,(H,19,21)/t14-/m0/s1. The van der Waals surface area contributed by atoms with Crippen LogP contribution in [0.1, 0.15) is 44.6 Å². The zero-order valence-corrected chi connectivity index (χ0v) is 17.0. The van der Waals surface area contributed by atoms with E-state index in [1.165, 1.54) is 50.5 Å². The molecule has 0 aromatic heterocycles. The monoisotopic (exact) mass is 384 g/mol. The zero-order chi connectivity index (χ0) is 18.6. The van der Waals surface area contributed by atoms with E-state index in [2.05, 4.69) is 5.32 Å². The maximum Gasteiger partial charge on any atom is 0.242 e. The minimum absolute atomic E-state index is 0.0712. The van der Waals surface area contributed by atoms with E-state index in [4.69, 9.17) is 0 Å². The topological polar surface area (TPSA) is 66.5 Å². The molecular formula is C18H28N2O3S2. The molecule has 0 aliphatic heterocycles. The Morgan fingerprint density at radius 3 is 2.48 bits per heavy atom. The Morgan fingerprint density at radius 1 is 1.24 bits per heavy atom. The molecule has 2 rings (SSSR count). The smallest absolute Gasteiger partial charge is 0.242 e. The van der Waals surface area contributed by atoms with Gasteiger partial charge in [0.1, 0.15) is 0 Å². The van der Waals surface area contributed by atoms with Crippen LogP contribution < -0.4 is 5.32 Å². The van der Waals surface area contributed by atoms with E-state index in [1.54, 1.807) is 30.0 Å². The number of hydrogen-bond acceptors (Lipinski definition) is 4. The number of carbonyl (C=O) groups is 1. The average molecular weight is 385 g/mol. The molecule has 5 nitrogen and oxygen atoms in total. The van der Waals surface area contributed by atoms with Gasteiger partial charge in [0.15, 0.2) is 0 Å². The van der Waals surface area contributed by atoms with Crippen molar-refractivity contribution in [2.24, 2.45) is 0 Å². The van der Waals surface area contributed by atoms with Crippen molar-refractivity contribution in [1.82, 2.24) is 4.31 Å². The van der Waals surface area contributed by atoms with Gasteiger partial charge in [0, 0.05) is 25.0 Å². The van der Waals surface area contributed by atoms with Crippen LogP contribution in [0.25, 0.3) is 0 Å². The van der Waals surface area contributed by atoms with E-state index in [1.807, 2.05) is 13.8 Å². The van der Waals surface area contributed by atoms with Crippen LogP contribution in [-0.4, -0.2) is 43.2 Å². The molecular weight excluding hydrogens is 356 g/mol. The van der Waals surface area contributed by atoms with Crippen LogP contribution in [0.4, 0.5) is 5.69 Å². The molecule has 7 heteroatoms. The molecule has 1 aromatic rings. The Balaban J connectivity index is 2.09. The highest BCUT2D eigenvalue weighted by Gasteiger charge is 2.23. The van der Waals surface area contributed by atoms with Gasteiger partial charge < -0.3 is 5.32 Å². The number of carbonyl (C=O) groups excluding carboxylic acids is 1. The molecule has 1 aromatic carbocycles. The summed E-state index contributed by atoms with van der Waals surface area (Å²) in [6, 6.07) is 4.84. The van der Waals surface area contributed by atoms with Crippen molar-refractivity contribution in [2.75, 3.05) is 19.4 Å². The molecule has 1 N–H and O–H groups in total. The fourth-order valence-corrected chi connectivity index (χ4v) is 5.19. The van der Waals surface area contributed by atoms with Gasteiger partial charge in [-0.2, -0.15) is 0 Å². The van der Waals surface area contributed by atoms with E-state index >= 15 is 0 Å². The van der Waals surface area contributed by atoms with E-state index in [-0.39, 0.29) is 16.1 Å². The van der Waals surface area contributed by atoms with Gasteiger partial charge in [0.25, 0.3) is 0 Å². The zero-order valence-electron chi connectivity index (χ0n) is 15.4. The highest BCUT2D eigenvalue weighted by Crippen LogP contribution is 2.31. The van der Waals surface area contributed by atoms with Gasteiger partial charge in [0.05, 0.1) is 10.1 Å². The van der Waals surface area contributed by atoms with Crippen LogP contribution in [0.2, 0.25) is 0 Å².